The van der Waals surface area contributed by atoms with Crippen LogP contribution in [-0.4, -0.2) is 16.6 Å². The Hall–Kier alpha value is -1.35. The van der Waals surface area contributed by atoms with E-state index < -0.39 is 5.60 Å². The Morgan fingerprint density at radius 1 is 1.14 bits per heavy atom. The van der Waals surface area contributed by atoms with Crippen molar-refractivity contribution in [1.82, 2.24) is 0 Å². The van der Waals surface area contributed by atoms with Gasteiger partial charge in [-0.1, -0.05) is 24.3 Å². The van der Waals surface area contributed by atoms with Gasteiger partial charge in [-0.25, -0.2) is 0 Å². The van der Waals surface area contributed by atoms with Crippen molar-refractivity contribution in [3.8, 4) is 0 Å². The second kappa shape index (κ2) is 5.09. The molecule has 3 N–H and O–H groups in total. The van der Waals surface area contributed by atoms with E-state index in [1.807, 2.05) is 0 Å². The van der Waals surface area contributed by atoms with E-state index in [0.717, 1.165) is 30.2 Å². The zero-order valence-electron chi connectivity index (χ0n) is 13.0. The number of carbonyl (C=O) groups excluding carboxylic acids is 1. The van der Waals surface area contributed by atoms with Crippen molar-refractivity contribution in [3.05, 3.63) is 35.4 Å². The summed E-state index contributed by atoms with van der Waals surface area (Å²) in [5.74, 6) is 2.24. The van der Waals surface area contributed by atoms with Crippen LogP contribution in [0.25, 0.3) is 0 Å². The monoisotopic (exact) mass is 299 g/mol. The largest absolute Gasteiger partial charge is 0.389 e. The number of carbonyl (C=O) groups is 1. The topological polar surface area (TPSA) is 63.3 Å². The van der Waals surface area contributed by atoms with E-state index in [1.54, 1.807) is 0 Å². The van der Waals surface area contributed by atoms with E-state index in [4.69, 9.17) is 5.73 Å². The normalized spacial score (nSPS) is 39.1. The standard InChI is InChI=1S/C19H25NO2/c20-17(21)6-3-12-1-4-15(5-2-12)18-16-8-13-7-14(9-16)11-19(18,22)10-13/h1-2,4-5,13-14,16,18,22H,3,6-11H2,(H2,20,21)/t13-,14-,16?,18+,19?/m1/s1. The first-order chi connectivity index (χ1) is 10.5. The summed E-state index contributed by atoms with van der Waals surface area (Å²) >= 11 is 0. The SMILES string of the molecule is NC(=O)CCc1ccc([C@H]2C3C[C@H]4C[C@H](C3)CC2(O)C4)cc1. The minimum Gasteiger partial charge on any atom is -0.389 e. The Bertz CT molecular complexity index is 566. The van der Waals surface area contributed by atoms with Gasteiger partial charge in [0.05, 0.1) is 5.60 Å². The number of hydrogen-bond acceptors (Lipinski definition) is 2. The molecule has 0 spiro atoms. The highest BCUT2D eigenvalue weighted by Gasteiger charge is 2.56. The molecule has 0 aliphatic heterocycles. The zero-order chi connectivity index (χ0) is 15.3. The van der Waals surface area contributed by atoms with Gasteiger partial charge in [0.25, 0.3) is 0 Å². The van der Waals surface area contributed by atoms with Crippen molar-refractivity contribution in [2.75, 3.05) is 0 Å². The van der Waals surface area contributed by atoms with Crippen LogP contribution in [0, 0.1) is 17.8 Å². The van der Waals surface area contributed by atoms with Crippen molar-refractivity contribution in [3.63, 3.8) is 0 Å². The van der Waals surface area contributed by atoms with Crippen LogP contribution in [0.2, 0.25) is 0 Å². The van der Waals surface area contributed by atoms with Crippen molar-refractivity contribution < 1.29 is 9.90 Å². The second-order valence-electron chi connectivity index (χ2n) is 7.90. The highest BCUT2D eigenvalue weighted by atomic mass is 16.3. The smallest absolute Gasteiger partial charge is 0.217 e. The first-order valence-electron chi connectivity index (χ1n) is 8.63. The van der Waals surface area contributed by atoms with E-state index in [9.17, 15) is 9.90 Å². The number of benzene rings is 1. The minimum absolute atomic E-state index is 0.251. The molecular formula is C19H25NO2. The Morgan fingerprint density at radius 3 is 2.32 bits per heavy atom. The van der Waals surface area contributed by atoms with Crippen molar-refractivity contribution in [2.24, 2.45) is 23.5 Å². The van der Waals surface area contributed by atoms with Gasteiger partial charge in [-0.05, 0) is 67.4 Å². The summed E-state index contributed by atoms with van der Waals surface area (Å²) in [4.78, 5) is 10.9. The number of hydrogen-bond donors (Lipinski definition) is 2. The van der Waals surface area contributed by atoms with E-state index in [1.165, 1.54) is 24.8 Å². The average Bonchev–Trinajstić information content (AvgIpc) is 2.44. The second-order valence-corrected chi connectivity index (χ2v) is 7.90. The van der Waals surface area contributed by atoms with Gasteiger partial charge < -0.3 is 10.8 Å². The molecule has 118 valence electrons. The molecule has 4 fully saturated rings. The minimum atomic E-state index is -0.469. The lowest BCUT2D eigenvalue weighted by molar-refractivity contribution is -0.143. The molecule has 1 aromatic carbocycles. The summed E-state index contributed by atoms with van der Waals surface area (Å²) in [6, 6.07) is 8.54. The van der Waals surface area contributed by atoms with E-state index in [2.05, 4.69) is 24.3 Å². The number of amides is 1. The molecular weight excluding hydrogens is 274 g/mol. The summed E-state index contributed by atoms with van der Waals surface area (Å²) in [7, 11) is 0. The molecule has 0 unspecified atom stereocenters. The highest BCUT2D eigenvalue weighted by molar-refractivity contribution is 5.74. The zero-order valence-corrected chi connectivity index (χ0v) is 13.0. The summed E-state index contributed by atoms with van der Waals surface area (Å²) in [6.45, 7) is 0. The molecule has 22 heavy (non-hydrogen) atoms. The molecule has 4 aliphatic rings. The number of primary amides is 1. The first-order valence-corrected chi connectivity index (χ1v) is 8.63. The summed E-state index contributed by atoms with van der Waals surface area (Å²) in [5, 5.41) is 11.2. The molecule has 4 bridgehead atoms. The lowest BCUT2D eigenvalue weighted by Gasteiger charge is -2.59. The van der Waals surface area contributed by atoms with Gasteiger partial charge >= 0.3 is 0 Å². The lowest BCUT2D eigenvalue weighted by atomic mass is 9.48. The lowest BCUT2D eigenvalue weighted by Crippen LogP contribution is -2.55. The van der Waals surface area contributed by atoms with Gasteiger partial charge in [0.1, 0.15) is 0 Å². The fraction of sp³-hybridized carbons (Fsp3) is 0.632. The van der Waals surface area contributed by atoms with Crippen LogP contribution in [0.15, 0.2) is 24.3 Å². The van der Waals surface area contributed by atoms with Crippen LogP contribution in [0.4, 0.5) is 0 Å². The molecule has 0 aromatic heterocycles. The molecule has 0 saturated heterocycles. The van der Waals surface area contributed by atoms with Crippen LogP contribution in [-0.2, 0) is 11.2 Å². The fourth-order valence-corrected chi connectivity index (χ4v) is 5.74. The first kappa shape index (κ1) is 14.3. The van der Waals surface area contributed by atoms with Crippen LogP contribution in [0.3, 0.4) is 0 Å². The molecule has 3 nitrogen and oxygen atoms in total. The van der Waals surface area contributed by atoms with E-state index >= 15 is 0 Å². The van der Waals surface area contributed by atoms with Crippen molar-refractivity contribution >= 4 is 5.91 Å². The molecule has 0 radical (unpaired) electrons. The molecule has 3 heteroatoms. The predicted molar refractivity (Wildman–Crippen MR) is 85.2 cm³/mol. The molecule has 3 atom stereocenters. The van der Waals surface area contributed by atoms with Crippen molar-refractivity contribution in [1.29, 1.82) is 0 Å². The number of aliphatic hydroxyl groups is 1. The van der Waals surface area contributed by atoms with Crippen LogP contribution in [0.1, 0.15) is 55.6 Å². The van der Waals surface area contributed by atoms with Gasteiger partial charge in [0.15, 0.2) is 0 Å². The maximum absolute atomic E-state index is 11.2. The third-order valence-electron chi connectivity index (χ3n) is 6.27. The van der Waals surface area contributed by atoms with Crippen LogP contribution < -0.4 is 5.73 Å². The molecule has 4 aliphatic carbocycles. The summed E-state index contributed by atoms with van der Waals surface area (Å²) in [5.41, 5.74) is 7.18. The number of aryl methyl sites for hydroxylation is 1. The van der Waals surface area contributed by atoms with Gasteiger partial charge in [0.2, 0.25) is 5.91 Å². The van der Waals surface area contributed by atoms with E-state index in [-0.39, 0.29) is 5.91 Å². The summed E-state index contributed by atoms with van der Waals surface area (Å²) in [6.07, 6.45) is 7.04. The van der Waals surface area contributed by atoms with Crippen molar-refractivity contribution in [2.45, 2.75) is 56.5 Å². The number of rotatable bonds is 4. The Labute approximate surface area is 131 Å². The van der Waals surface area contributed by atoms with E-state index in [0.29, 0.717) is 24.7 Å². The maximum Gasteiger partial charge on any atom is 0.217 e. The fourth-order valence-electron chi connectivity index (χ4n) is 5.74. The van der Waals surface area contributed by atoms with Gasteiger partial charge in [-0.3, -0.25) is 4.79 Å². The number of nitrogens with two attached hydrogens (primary N) is 1. The molecule has 5 rings (SSSR count). The Balaban J connectivity index is 1.55. The maximum atomic E-state index is 11.2. The third kappa shape index (κ3) is 2.36. The van der Waals surface area contributed by atoms with Gasteiger partial charge in [0, 0.05) is 12.3 Å². The Morgan fingerprint density at radius 2 is 1.77 bits per heavy atom. The van der Waals surface area contributed by atoms with Gasteiger partial charge in [-0.15, -0.1) is 0 Å². The van der Waals surface area contributed by atoms with Crippen LogP contribution in [0.5, 0.6) is 0 Å². The predicted octanol–water partition coefficient (Wildman–Crippen LogP) is 2.76. The quantitative estimate of drug-likeness (QED) is 0.898. The molecule has 1 aromatic rings. The molecule has 0 heterocycles. The third-order valence-corrected chi connectivity index (χ3v) is 6.27. The average molecular weight is 299 g/mol. The van der Waals surface area contributed by atoms with Crippen LogP contribution >= 0.6 is 0 Å². The molecule has 1 amide bonds. The highest BCUT2D eigenvalue weighted by Crippen LogP contribution is 2.61. The van der Waals surface area contributed by atoms with Gasteiger partial charge in [-0.2, -0.15) is 0 Å². The Kier molecular flexibility index (Phi) is 3.30. The molecule has 4 saturated carbocycles. The summed E-state index contributed by atoms with van der Waals surface area (Å²) < 4.78 is 0.